The van der Waals surface area contributed by atoms with Crippen LogP contribution in [-0.4, -0.2) is 24.0 Å². The lowest BCUT2D eigenvalue weighted by molar-refractivity contribution is -0.0431. The van der Waals surface area contributed by atoms with E-state index in [1.54, 1.807) is 0 Å². The number of benzene rings is 1. The molecule has 0 spiro atoms. The van der Waals surface area contributed by atoms with Crippen molar-refractivity contribution in [2.75, 3.05) is 5.32 Å². The first-order valence-corrected chi connectivity index (χ1v) is 7.35. The number of nitrogens with one attached hydrogen (secondary N) is 1. The Labute approximate surface area is 120 Å². The van der Waals surface area contributed by atoms with E-state index in [9.17, 15) is 0 Å². The van der Waals surface area contributed by atoms with Gasteiger partial charge < -0.3 is 19.5 Å². The van der Waals surface area contributed by atoms with Crippen LogP contribution >= 0.6 is 0 Å². The smallest absolute Gasteiger partial charge is 0.246 e. The predicted molar refractivity (Wildman–Crippen MR) is 78.4 cm³/mol. The summed E-state index contributed by atoms with van der Waals surface area (Å²) in [5.74, 6) is 1.06. The topological polar surface area (TPSA) is 39.7 Å². The zero-order chi connectivity index (χ0) is 14.3. The number of rotatable bonds is 2. The predicted octanol–water partition coefficient (Wildman–Crippen LogP) is 3.56. The molecule has 1 fully saturated rings. The molecule has 110 valence electrons. The molecular weight excluding hydrogens is 254 g/mol. The highest BCUT2D eigenvalue weighted by molar-refractivity contribution is 5.56. The summed E-state index contributed by atoms with van der Waals surface area (Å²) in [7, 11) is 0. The van der Waals surface area contributed by atoms with E-state index in [1.807, 2.05) is 32.0 Å². The van der Waals surface area contributed by atoms with Crippen LogP contribution in [0, 0.1) is 0 Å². The van der Waals surface area contributed by atoms with Gasteiger partial charge in [-0.2, -0.15) is 0 Å². The molecule has 0 saturated carbocycles. The maximum absolute atomic E-state index is 5.78. The average Bonchev–Trinajstić information content (AvgIpc) is 2.60. The van der Waals surface area contributed by atoms with E-state index < -0.39 is 5.79 Å². The van der Waals surface area contributed by atoms with Crippen LogP contribution in [0.2, 0.25) is 0 Å². The number of fused-ring (bicyclic) bond motifs is 1. The molecular formula is C16H23NO3. The SMILES string of the molecule is CC1CC(Nc2ccc3c(c2)OC(C)(C)O3)CC(C)O1. The normalized spacial score (nSPS) is 31.1. The summed E-state index contributed by atoms with van der Waals surface area (Å²) in [6.07, 6.45) is 2.68. The van der Waals surface area contributed by atoms with Crippen molar-refractivity contribution in [1.82, 2.24) is 0 Å². The van der Waals surface area contributed by atoms with Gasteiger partial charge in [-0.1, -0.05) is 0 Å². The lowest BCUT2D eigenvalue weighted by Gasteiger charge is -2.33. The van der Waals surface area contributed by atoms with E-state index in [0.717, 1.165) is 30.0 Å². The lowest BCUT2D eigenvalue weighted by Crippen LogP contribution is -2.36. The van der Waals surface area contributed by atoms with Crippen LogP contribution in [0.4, 0.5) is 5.69 Å². The van der Waals surface area contributed by atoms with Crippen LogP contribution < -0.4 is 14.8 Å². The molecule has 1 saturated heterocycles. The van der Waals surface area contributed by atoms with Crippen molar-refractivity contribution in [3.05, 3.63) is 18.2 Å². The van der Waals surface area contributed by atoms with Gasteiger partial charge in [-0.05, 0) is 38.8 Å². The number of hydrogen-bond acceptors (Lipinski definition) is 4. The van der Waals surface area contributed by atoms with Gasteiger partial charge in [-0.3, -0.25) is 0 Å². The zero-order valence-corrected chi connectivity index (χ0v) is 12.6. The third-order valence-electron chi connectivity index (χ3n) is 3.72. The Bertz CT molecular complexity index is 490. The monoisotopic (exact) mass is 277 g/mol. The summed E-state index contributed by atoms with van der Waals surface area (Å²) in [5.41, 5.74) is 1.08. The molecule has 2 heterocycles. The van der Waals surface area contributed by atoms with Crippen molar-refractivity contribution in [1.29, 1.82) is 0 Å². The quantitative estimate of drug-likeness (QED) is 0.897. The summed E-state index contributed by atoms with van der Waals surface area (Å²) < 4.78 is 17.3. The summed E-state index contributed by atoms with van der Waals surface area (Å²) >= 11 is 0. The van der Waals surface area contributed by atoms with Crippen molar-refractivity contribution in [2.45, 2.75) is 64.6 Å². The molecule has 1 aromatic rings. The lowest BCUT2D eigenvalue weighted by atomic mass is 9.99. The maximum Gasteiger partial charge on any atom is 0.246 e. The minimum atomic E-state index is -0.567. The van der Waals surface area contributed by atoms with Gasteiger partial charge in [0.2, 0.25) is 5.79 Å². The maximum atomic E-state index is 5.78. The highest BCUT2D eigenvalue weighted by Crippen LogP contribution is 2.41. The summed E-state index contributed by atoms with van der Waals surface area (Å²) in [6.45, 7) is 8.10. The standard InChI is InChI=1S/C16H23NO3/c1-10-7-13(8-11(2)18-10)17-12-5-6-14-15(9-12)20-16(3,4)19-14/h5-6,9-11,13,17H,7-8H2,1-4H3. The summed E-state index contributed by atoms with van der Waals surface area (Å²) in [6, 6.07) is 6.49. The Hall–Kier alpha value is -1.42. The summed E-state index contributed by atoms with van der Waals surface area (Å²) in [5, 5.41) is 3.58. The Morgan fingerprint density at radius 1 is 1.05 bits per heavy atom. The third kappa shape index (κ3) is 2.85. The van der Waals surface area contributed by atoms with Crippen molar-refractivity contribution in [3.63, 3.8) is 0 Å². The van der Waals surface area contributed by atoms with Crippen molar-refractivity contribution >= 4 is 5.69 Å². The third-order valence-corrected chi connectivity index (χ3v) is 3.72. The molecule has 0 radical (unpaired) electrons. The van der Waals surface area contributed by atoms with Gasteiger partial charge in [0.15, 0.2) is 11.5 Å². The molecule has 2 aliphatic rings. The first-order chi connectivity index (χ1) is 9.41. The van der Waals surface area contributed by atoms with Crippen LogP contribution in [0.25, 0.3) is 0 Å². The van der Waals surface area contributed by atoms with Crippen molar-refractivity contribution in [2.24, 2.45) is 0 Å². The molecule has 1 N–H and O–H groups in total. The minimum Gasteiger partial charge on any atom is -0.449 e. The van der Waals surface area contributed by atoms with Crippen LogP contribution in [0.15, 0.2) is 18.2 Å². The highest BCUT2D eigenvalue weighted by atomic mass is 16.7. The molecule has 2 aliphatic heterocycles. The van der Waals surface area contributed by atoms with E-state index >= 15 is 0 Å². The number of ether oxygens (including phenoxy) is 3. The fraction of sp³-hybridized carbons (Fsp3) is 0.625. The van der Waals surface area contributed by atoms with Gasteiger partial charge >= 0.3 is 0 Å². The average molecular weight is 277 g/mol. The second kappa shape index (κ2) is 4.85. The molecule has 4 heteroatoms. The molecule has 0 aliphatic carbocycles. The first-order valence-electron chi connectivity index (χ1n) is 7.35. The molecule has 2 unspecified atom stereocenters. The Balaban J connectivity index is 1.70. The minimum absolute atomic E-state index is 0.309. The molecule has 20 heavy (non-hydrogen) atoms. The van der Waals surface area contributed by atoms with Gasteiger partial charge in [-0.25, -0.2) is 0 Å². The molecule has 3 rings (SSSR count). The van der Waals surface area contributed by atoms with Gasteiger partial charge in [-0.15, -0.1) is 0 Å². The molecule has 0 amide bonds. The fourth-order valence-corrected chi connectivity index (χ4v) is 3.07. The van der Waals surface area contributed by atoms with Crippen molar-refractivity contribution < 1.29 is 14.2 Å². The highest BCUT2D eigenvalue weighted by Gasteiger charge is 2.32. The van der Waals surface area contributed by atoms with Crippen molar-refractivity contribution in [3.8, 4) is 11.5 Å². The molecule has 1 aromatic carbocycles. The van der Waals surface area contributed by atoms with Crippen LogP contribution in [-0.2, 0) is 4.74 Å². The van der Waals surface area contributed by atoms with E-state index in [1.165, 1.54) is 0 Å². The van der Waals surface area contributed by atoms with E-state index in [4.69, 9.17) is 14.2 Å². The van der Waals surface area contributed by atoms with Gasteiger partial charge in [0.1, 0.15) is 0 Å². The Morgan fingerprint density at radius 3 is 2.40 bits per heavy atom. The van der Waals surface area contributed by atoms with Crippen LogP contribution in [0.1, 0.15) is 40.5 Å². The molecule has 4 nitrogen and oxygen atoms in total. The second-order valence-electron chi connectivity index (χ2n) is 6.34. The van der Waals surface area contributed by atoms with E-state index in [-0.39, 0.29) is 0 Å². The zero-order valence-electron chi connectivity index (χ0n) is 12.6. The second-order valence-corrected chi connectivity index (χ2v) is 6.34. The van der Waals surface area contributed by atoms with Crippen LogP contribution in [0.5, 0.6) is 11.5 Å². The Kier molecular flexibility index (Phi) is 3.28. The van der Waals surface area contributed by atoms with Gasteiger partial charge in [0.25, 0.3) is 0 Å². The Morgan fingerprint density at radius 2 is 1.70 bits per heavy atom. The molecule has 2 atom stereocenters. The molecule has 0 bridgehead atoms. The fourth-order valence-electron chi connectivity index (χ4n) is 3.07. The van der Waals surface area contributed by atoms with E-state index in [0.29, 0.717) is 18.2 Å². The largest absolute Gasteiger partial charge is 0.449 e. The number of anilines is 1. The number of hydrogen-bond donors (Lipinski definition) is 1. The van der Waals surface area contributed by atoms with Crippen LogP contribution in [0.3, 0.4) is 0 Å². The first kappa shape index (κ1) is 13.6. The summed E-state index contributed by atoms with van der Waals surface area (Å²) in [4.78, 5) is 0. The van der Waals surface area contributed by atoms with Gasteiger partial charge in [0.05, 0.1) is 12.2 Å². The van der Waals surface area contributed by atoms with Gasteiger partial charge in [0, 0.05) is 31.6 Å². The van der Waals surface area contributed by atoms with E-state index in [2.05, 4.69) is 19.2 Å². The molecule has 0 aromatic heterocycles.